The van der Waals surface area contributed by atoms with Crippen LogP contribution in [0.2, 0.25) is 0 Å². The Hall–Kier alpha value is -3.06. The van der Waals surface area contributed by atoms with Crippen molar-refractivity contribution in [1.82, 2.24) is 25.0 Å². The number of hydrogen-bond acceptors (Lipinski definition) is 4. The number of halogens is 1. The van der Waals surface area contributed by atoms with E-state index in [0.29, 0.717) is 13.2 Å². The molecule has 0 bridgehead atoms. The molecular formula is C20H18FN5O. The zero-order valence-corrected chi connectivity index (χ0v) is 15.0. The van der Waals surface area contributed by atoms with Crippen molar-refractivity contribution in [3.63, 3.8) is 0 Å². The van der Waals surface area contributed by atoms with Crippen LogP contribution in [0.3, 0.4) is 0 Å². The largest absolute Gasteiger partial charge is 0.373 e. The summed E-state index contributed by atoms with van der Waals surface area (Å²) in [7, 11) is 0. The molecule has 0 spiro atoms. The van der Waals surface area contributed by atoms with E-state index in [4.69, 9.17) is 9.84 Å². The highest BCUT2D eigenvalue weighted by molar-refractivity contribution is 5.97. The van der Waals surface area contributed by atoms with E-state index in [-0.39, 0.29) is 11.9 Å². The molecule has 7 heteroatoms. The van der Waals surface area contributed by atoms with Gasteiger partial charge in [0, 0.05) is 27.8 Å². The van der Waals surface area contributed by atoms with Gasteiger partial charge in [-0.3, -0.25) is 9.78 Å². The van der Waals surface area contributed by atoms with Gasteiger partial charge >= 0.3 is 0 Å². The maximum absolute atomic E-state index is 13.5. The first-order chi connectivity index (χ1) is 13.1. The van der Waals surface area contributed by atoms with Crippen LogP contribution >= 0.6 is 0 Å². The van der Waals surface area contributed by atoms with Crippen molar-refractivity contribution in [2.24, 2.45) is 0 Å². The number of aryl methyl sites for hydroxylation is 1. The van der Waals surface area contributed by atoms with E-state index in [1.807, 2.05) is 17.7 Å². The van der Waals surface area contributed by atoms with Crippen LogP contribution in [0.15, 0.2) is 36.5 Å². The van der Waals surface area contributed by atoms with Crippen LogP contribution < -0.4 is 0 Å². The number of nitrogens with one attached hydrogen (secondary N) is 1. The second-order valence-electron chi connectivity index (χ2n) is 6.93. The van der Waals surface area contributed by atoms with Crippen LogP contribution in [0.4, 0.5) is 4.39 Å². The zero-order chi connectivity index (χ0) is 18.5. The Morgan fingerprint density at radius 2 is 2.07 bits per heavy atom. The first-order valence-corrected chi connectivity index (χ1v) is 8.88. The Morgan fingerprint density at radius 3 is 2.89 bits per heavy atom. The number of ether oxygens (including phenoxy) is 1. The summed E-state index contributed by atoms with van der Waals surface area (Å²) in [6.07, 6.45) is 1.78. The van der Waals surface area contributed by atoms with E-state index in [0.717, 1.165) is 44.8 Å². The van der Waals surface area contributed by atoms with Gasteiger partial charge in [-0.2, -0.15) is 10.2 Å². The summed E-state index contributed by atoms with van der Waals surface area (Å²) in [6, 6.07) is 8.62. The minimum Gasteiger partial charge on any atom is -0.373 e. The summed E-state index contributed by atoms with van der Waals surface area (Å²) in [6.45, 7) is 5.14. The molecule has 1 aliphatic rings. The van der Waals surface area contributed by atoms with Crippen LogP contribution in [-0.4, -0.2) is 31.6 Å². The van der Waals surface area contributed by atoms with Gasteiger partial charge in [-0.15, -0.1) is 0 Å². The number of hydrogen-bond donors (Lipinski definition) is 1. The molecule has 27 heavy (non-hydrogen) atoms. The third-order valence-electron chi connectivity index (χ3n) is 4.96. The van der Waals surface area contributed by atoms with Gasteiger partial charge in [0.15, 0.2) is 5.65 Å². The number of fused-ring (bicyclic) bond motifs is 2. The Labute approximate surface area is 155 Å². The number of nitrogens with zero attached hydrogens (tertiary/aromatic N) is 4. The quantitative estimate of drug-likeness (QED) is 0.584. The van der Waals surface area contributed by atoms with Crippen LogP contribution in [0.5, 0.6) is 0 Å². The lowest BCUT2D eigenvalue weighted by molar-refractivity contribution is 0.0580. The SMILES string of the molecule is Cc1cc(-c2c(-c3ccc(F)cc3)nn3c2COCC3C)c2cn[nH]c2n1. The molecule has 6 nitrogen and oxygen atoms in total. The standard InChI is InChI=1S/C20H18FN5O/c1-11-7-15(16-8-22-24-20(16)23-11)18-17-10-27-9-12(2)26(17)25-19(18)13-3-5-14(21)6-4-13/h3-8,12H,9-10H2,1-2H3,(H,22,23,24). The predicted octanol–water partition coefficient (Wildman–Crippen LogP) is 4.03. The van der Waals surface area contributed by atoms with E-state index in [9.17, 15) is 4.39 Å². The van der Waals surface area contributed by atoms with Crippen molar-refractivity contribution in [2.75, 3.05) is 6.61 Å². The van der Waals surface area contributed by atoms with E-state index in [1.165, 1.54) is 12.1 Å². The first kappa shape index (κ1) is 16.1. The molecule has 3 aromatic heterocycles. The van der Waals surface area contributed by atoms with Crippen LogP contribution in [0, 0.1) is 12.7 Å². The van der Waals surface area contributed by atoms with Crippen molar-refractivity contribution in [2.45, 2.75) is 26.5 Å². The molecule has 0 saturated heterocycles. The topological polar surface area (TPSA) is 68.6 Å². The van der Waals surface area contributed by atoms with Crippen molar-refractivity contribution < 1.29 is 9.13 Å². The van der Waals surface area contributed by atoms with E-state index < -0.39 is 0 Å². The average molecular weight is 363 g/mol. The molecule has 136 valence electrons. The highest BCUT2D eigenvalue weighted by atomic mass is 19.1. The van der Waals surface area contributed by atoms with Crippen molar-refractivity contribution in [3.05, 3.63) is 53.7 Å². The molecule has 0 aliphatic carbocycles. The number of rotatable bonds is 2. The fourth-order valence-corrected chi connectivity index (χ4v) is 3.73. The lowest BCUT2D eigenvalue weighted by Gasteiger charge is -2.22. The van der Waals surface area contributed by atoms with Crippen molar-refractivity contribution in [3.8, 4) is 22.4 Å². The molecule has 0 amide bonds. The highest BCUT2D eigenvalue weighted by Gasteiger charge is 2.28. The summed E-state index contributed by atoms with van der Waals surface area (Å²) in [5.74, 6) is -0.266. The molecule has 4 aromatic rings. The number of aromatic amines is 1. The fourth-order valence-electron chi connectivity index (χ4n) is 3.73. The van der Waals surface area contributed by atoms with Crippen molar-refractivity contribution in [1.29, 1.82) is 0 Å². The summed E-state index contributed by atoms with van der Waals surface area (Å²) in [5, 5.41) is 12.9. The van der Waals surface area contributed by atoms with Gasteiger partial charge in [0.05, 0.1) is 31.1 Å². The number of H-pyrrole nitrogens is 1. The second kappa shape index (κ2) is 5.99. The van der Waals surface area contributed by atoms with Crippen molar-refractivity contribution >= 4 is 11.0 Å². The van der Waals surface area contributed by atoms with Crippen LogP contribution in [0.25, 0.3) is 33.4 Å². The Morgan fingerprint density at radius 1 is 1.26 bits per heavy atom. The van der Waals surface area contributed by atoms with Gasteiger partial charge < -0.3 is 4.74 Å². The monoisotopic (exact) mass is 363 g/mol. The molecule has 0 radical (unpaired) electrons. The van der Waals surface area contributed by atoms with Gasteiger partial charge in [0.2, 0.25) is 0 Å². The lowest BCUT2D eigenvalue weighted by atomic mass is 9.96. The summed E-state index contributed by atoms with van der Waals surface area (Å²) >= 11 is 0. The third kappa shape index (κ3) is 2.54. The van der Waals surface area contributed by atoms with Gasteiger partial charge in [0.25, 0.3) is 0 Å². The van der Waals surface area contributed by atoms with E-state index >= 15 is 0 Å². The van der Waals surface area contributed by atoms with E-state index in [2.05, 4.69) is 22.1 Å². The average Bonchev–Trinajstić information content (AvgIpc) is 3.27. The third-order valence-corrected chi connectivity index (χ3v) is 4.96. The van der Waals surface area contributed by atoms with Gasteiger partial charge in [-0.25, -0.2) is 9.37 Å². The lowest BCUT2D eigenvalue weighted by Crippen LogP contribution is -2.22. The number of aromatic nitrogens is 5. The van der Waals surface area contributed by atoms with Gasteiger partial charge in [-0.05, 0) is 44.2 Å². The molecule has 1 N–H and O–H groups in total. The molecule has 0 fully saturated rings. The highest BCUT2D eigenvalue weighted by Crippen LogP contribution is 2.40. The smallest absolute Gasteiger partial charge is 0.155 e. The maximum Gasteiger partial charge on any atom is 0.155 e. The zero-order valence-electron chi connectivity index (χ0n) is 15.0. The number of benzene rings is 1. The van der Waals surface area contributed by atoms with Crippen LogP contribution in [-0.2, 0) is 11.3 Å². The predicted molar refractivity (Wildman–Crippen MR) is 99.6 cm³/mol. The molecule has 1 atom stereocenters. The Kier molecular flexibility index (Phi) is 3.58. The van der Waals surface area contributed by atoms with Crippen LogP contribution in [0.1, 0.15) is 24.4 Å². The molecular weight excluding hydrogens is 345 g/mol. The summed E-state index contributed by atoms with van der Waals surface area (Å²) < 4.78 is 21.3. The minimum absolute atomic E-state index is 0.129. The Balaban J connectivity index is 1.84. The minimum atomic E-state index is -0.266. The summed E-state index contributed by atoms with van der Waals surface area (Å²) in [5.41, 5.74) is 6.31. The fraction of sp³-hybridized carbons (Fsp3) is 0.250. The molecule has 1 aliphatic heterocycles. The maximum atomic E-state index is 13.5. The number of pyridine rings is 1. The Bertz CT molecular complexity index is 1150. The molecule has 1 unspecified atom stereocenters. The normalized spacial score (nSPS) is 16.6. The first-order valence-electron chi connectivity index (χ1n) is 8.88. The molecule has 5 rings (SSSR count). The molecule has 1 aromatic carbocycles. The second-order valence-corrected chi connectivity index (χ2v) is 6.93. The summed E-state index contributed by atoms with van der Waals surface area (Å²) in [4.78, 5) is 4.52. The van der Waals surface area contributed by atoms with Gasteiger partial charge in [0.1, 0.15) is 11.5 Å². The van der Waals surface area contributed by atoms with E-state index in [1.54, 1.807) is 18.3 Å². The molecule has 0 saturated carbocycles. The van der Waals surface area contributed by atoms with Gasteiger partial charge in [-0.1, -0.05) is 0 Å². The molecule has 4 heterocycles.